The van der Waals surface area contributed by atoms with Crippen LogP contribution in [0.3, 0.4) is 0 Å². The summed E-state index contributed by atoms with van der Waals surface area (Å²) in [5.74, 6) is -0.211. The van der Waals surface area contributed by atoms with E-state index in [1.54, 1.807) is 28.8 Å². The number of carbonyl (C=O) groups is 1. The molecular weight excluding hydrogens is 515 g/mol. The number of thioether (sulfide) groups is 1. The first-order chi connectivity index (χ1) is 17.4. The van der Waals surface area contributed by atoms with Crippen molar-refractivity contribution in [3.63, 3.8) is 0 Å². The largest absolute Gasteiger partial charge is 0.376 e. The normalized spacial score (nSPS) is 16.2. The van der Waals surface area contributed by atoms with Gasteiger partial charge in [-0.1, -0.05) is 25.2 Å². The third-order valence-corrected chi connectivity index (χ3v) is 9.83. The minimum Gasteiger partial charge on any atom is -0.376 e. The maximum atomic E-state index is 13.7. The maximum Gasteiger partial charge on any atom is 0.260 e. The molecule has 0 radical (unpaired) electrons. The van der Waals surface area contributed by atoms with E-state index >= 15 is 0 Å². The lowest BCUT2D eigenvalue weighted by Crippen LogP contribution is -2.37. The summed E-state index contributed by atoms with van der Waals surface area (Å²) in [5.41, 5.74) is 1.28. The molecule has 1 aliphatic rings. The van der Waals surface area contributed by atoms with E-state index in [1.807, 2.05) is 32.2 Å². The van der Waals surface area contributed by atoms with E-state index in [0.717, 1.165) is 40.8 Å². The van der Waals surface area contributed by atoms with Gasteiger partial charge in [0.25, 0.3) is 5.91 Å². The van der Waals surface area contributed by atoms with Crippen molar-refractivity contribution >= 4 is 54.4 Å². The third-order valence-electron chi connectivity index (χ3n) is 6.16. The van der Waals surface area contributed by atoms with Crippen LogP contribution < -0.4 is 4.90 Å². The Morgan fingerprint density at radius 3 is 2.47 bits per heavy atom. The number of hydrogen-bond donors (Lipinski definition) is 0. The zero-order valence-corrected chi connectivity index (χ0v) is 23.4. The van der Waals surface area contributed by atoms with Crippen molar-refractivity contribution in [3.8, 4) is 0 Å². The Morgan fingerprint density at radius 1 is 1.14 bits per heavy atom. The predicted octanol–water partition coefficient (Wildman–Crippen LogP) is 5.65. The van der Waals surface area contributed by atoms with Crippen LogP contribution in [0.1, 0.15) is 49.9 Å². The van der Waals surface area contributed by atoms with Crippen molar-refractivity contribution in [1.29, 1.82) is 0 Å². The molecule has 1 amide bonds. The minimum atomic E-state index is -3.61. The van der Waals surface area contributed by atoms with Gasteiger partial charge in [-0.15, -0.1) is 11.8 Å². The lowest BCUT2D eigenvalue weighted by molar-refractivity contribution is 0.0917. The van der Waals surface area contributed by atoms with Crippen molar-refractivity contribution in [1.82, 2.24) is 9.29 Å². The van der Waals surface area contributed by atoms with E-state index in [9.17, 15) is 13.2 Å². The monoisotopic (exact) mass is 547 g/mol. The van der Waals surface area contributed by atoms with Crippen molar-refractivity contribution < 1.29 is 17.9 Å². The quantitative estimate of drug-likeness (QED) is 0.289. The second-order valence-corrected chi connectivity index (χ2v) is 12.6. The van der Waals surface area contributed by atoms with Gasteiger partial charge in [-0.3, -0.25) is 9.69 Å². The number of carbonyl (C=O) groups excluding carboxylic acids is 1. The van der Waals surface area contributed by atoms with Crippen LogP contribution in [0.4, 0.5) is 5.13 Å². The molecule has 0 N–H and O–H groups in total. The fourth-order valence-electron chi connectivity index (χ4n) is 4.30. The number of anilines is 1. The highest BCUT2D eigenvalue weighted by molar-refractivity contribution is 7.98. The zero-order valence-electron chi connectivity index (χ0n) is 21.0. The molecule has 1 aliphatic heterocycles. The van der Waals surface area contributed by atoms with E-state index in [-0.39, 0.29) is 16.9 Å². The molecule has 7 nitrogen and oxygen atoms in total. The van der Waals surface area contributed by atoms with Gasteiger partial charge in [0.2, 0.25) is 10.0 Å². The molecule has 2 heterocycles. The Balaban J connectivity index is 1.63. The summed E-state index contributed by atoms with van der Waals surface area (Å²) < 4.78 is 34.6. The Kier molecular flexibility index (Phi) is 9.05. The molecule has 194 valence electrons. The molecule has 1 saturated heterocycles. The molecule has 0 aliphatic carbocycles. The smallest absolute Gasteiger partial charge is 0.260 e. The molecule has 3 aromatic rings. The molecule has 36 heavy (non-hydrogen) atoms. The summed E-state index contributed by atoms with van der Waals surface area (Å²) >= 11 is 3.15. The standard InChI is InChI=1S/C26H33N3O4S3/c1-4-14-28(15-5-2)36(31,32)22-11-8-19(9-12-22)25(30)29(18-20-7-6-16-33-20)26-27-23-13-10-21(34-3)17-24(23)35-26/h8-13,17,20H,4-7,14-16,18H2,1-3H3. The SMILES string of the molecule is CCCN(CCC)S(=O)(=O)c1ccc(C(=O)N(CC2CCCO2)c2nc3ccc(SC)cc3s2)cc1. The van der Waals surface area contributed by atoms with Crippen molar-refractivity contribution in [2.75, 3.05) is 37.4 Å². The van der Waals surface area contributed by atoms with Gasteiger partial charge in [0.1, 0.15) is 0 Å². The van der Waals surface area contributed by atoms with E-state index in [4.69, 9.17) is 9.72 Å². The van der Waals surface area contributed by atoms with Crippen LogP contribution >= 0.6 is 23.1 Å². The number of rotatable bonds is 11. The van der Waals surface area contributed by atoms with Crippen LogP contribution in [0.15, 0.2) is 52.3 Å². The average Bonchev–Trinajstić information content (AvgIpc) is 3.56. The van der Waals surface area contributed by atoms with Crippen molar-refractivity contribution in [3.05, 3.63) is 48.0 Å². The van der Waals surface area contributed by atoms with E-state index in [2.05, 4.69) is 6.07 Å². The number of aromatic nitrogens is 1. The fraction of sp³-hybridized carbons (Fsp3) is 0.462. The van der Waals surface area contributed by atoms with Crippen LogP contribution in [-0.4, -0.2) is 62.2 Å². The van der Waals surface area contributed by atoms with E-state index in [0.29, 0.717) is 36.9 Å². The van der Waals surface area contributed by atoms with Gasteiger partial charge in [0.15, 0.2) is 5.13 Å². The molecule has 1 unspecified atom stereocenters. The second-order valence-electron chi connectivity index (χ2n) is 8.81. The van der Waals surface area contributed by atoms with Crippen LogP contribution in [-0.2, 0) is 14.8 Å². The number of sulfonamides is 1. The zero-order chi connectivity index (χ0) is 25.7. The lowest BCUT2D eigenvalue weighted by atomic mass is 10.2. The minimum absolute atomic E-state index is 0.0426. The molecule has 1 atom stereocenters. The van der Waals surface area contributed by atoms with E-state index < -0.39 is 10.0 Å². The maximum absolute atomic E-state index is 13.7. The van der Waals surface area contributed by atoms with Gasteiger partial charge in [-0.05, 0) is 74.4 Å². The topological polar surface area (TPSA) is 79.8 Å². The number of amides is 1. The number of fused-ring (bicyclic) bond motifs is 1. The first-order valence-corrected chi connectivity index (χ1v) is 15.8. The Morgan fingerprint density at radius 2 is 1.86 bits per heavy atom. The van der Waals surface area contributed by atoms with Crippen molar-refractivity contribution in [2.24, 2.45) is 0 Å². The third kappa shape index (κ3) is 5.94. The molecule has 4 rings (SSSR count). The highest BCUT2D eigenvalue weighted by Crippen LogP contribution is 2.33. The van der Waals surface area contributed by atoms with Gasteiger partial charge >= 0.3 is 0 Å². The molecule has 1 fully saturated rings. The predicted molar refractivity (Wildman–Crippen MR) is 148 cm³/mol. The summed E-state index contributed by atoms with van der Waals surface area (Å²) in [4.78, 5) is 21.5. The van der Waals surface area contributed by atoms with Crippen LogP contribution in [0.5, 0.6) is 0 Å². The summed E-state index contributed by atoms with van der Waals surface area (Å²) in [6.45, 7) is 5.99. The highest BCUT2D eigenvalue weighted by atomic mass is 32.2. The van der Waals surface area contributed by atoms with Gasteiger partial charge in [-0.25, -0.2) is 13.4 Å². The van der Waals surface area contributed by atoms with Crippen LogP contribution in [0, 0.1) is 0 Å². The number of hydrogen-bond acceptors (Lipinski definition) is 7. The van der Waals surface area contributed by atoms with Gasteiger partial charge in [-0.2, -0.15) is 4.31 Å². The van der Waals surface area contributed by atoms with Crippen LogP contribution in [0.25, 0.3) is 10.2 Å². The second kappa shape index (κ2) is 12.0. The summed E-state index contributed by atoms with van der Waals surface area (Å²) in [7, 11) is -3.61. The molecule has 10 heteroatoms. The first-order valence-electron chi connectivity index (χ1n) is 12.4. The highest BCUT2D eigenvalue weighted by Gasteiger charge is 2.28. The first kappa shape index (κ1) is 27.1. The van der Waals surface area contributed by atoms with E-state index in [1.165, 1.54) is 27.8 Å². The molecule has 1 aromatic heterocycles. The lowest BCUT2D eigenvalue weighted by Gasteiger charge is -2.23. The summed E-state index contributed by atoms with van der Waals surface area (Å²) in [5, 5.41) is 0.623. The number of nitrogens with zero attached hydrogens (tertiary/aromatic N) is 3. The molecular formula is C26H33N3O4S3. The number of ether oxygens (including phenoxy) is 1. The summed E-state index contributed by atoms with van der Waals surface area (Å²) in [6.07, 6.45) is 5.35. The number of thiazole rings is 1. The summed E-state index contributed by atoms with van der Waals surface area (Å²) in [6, 6.07) is 12.4. The van der Waals surface area contributed by atoms with Gasteiger partial charge in [0.05, 0.1) is 27.8 Å². The Labute approximate surface area is 221 Å². The molecule has 0 saturated carbocycles. The molecule has 0 spiro atoms. The van der Waals surface area contributed by atoms with Gasteiger partial charge < -0.3 is 4.74 Å². The average molecular weight is 548 g/mol. The van der Waals surface area contributed by atoms with Crippen molar-refractivity contribution in [2.45, 2.75) is 55.4 Å². The Hall–Kier alpha value is -1.98. The Bertz CT molecular complexity index is 1280. The van der Waals surface area contributed by atoms with Gasteiger partial charge in [0, 0.05) is 30.2 Å². The molecule has 2 aromatic carbocycles. The van der Waals surface area contributed by atoms with Crippen LogP contribution in [0.2, 0.25) is 0 Å². The fourth-order valence-corrected chi connectivity index (χ4v) is 7.45. The number of benzene rings is 2. The molecule has 0 bridgehead atoms.